The topological polar surface area (TPSA) is 155 Å². The van der Waals surface area contributed by atoms with E-state index in [2.05, 4.69) is 33.2 Å². The Bertz CT molecular complexity index is 1750. The molecule has 0 saturated carbocycles. The summed E-state index contributed by atoms with van der Waals surface area (Å²) in [6, 6.07) is 16.1. The number of aryl methyl sites for hydroxylation is 2. The Morgan fingerprint density at radius 1 is 0.923 bits per heavy atom. The van der Waals surface area contributed by atoms with E-state index >= 15 is 0 Å². The Labute approximate surface area is 311 Å². The highest BCUT2D eigenvalue weighted by molar-refractivity contribution is 8.13. The summed E-state index contributed by atoms with van der Waals surface area (Å²) in [4.78, 5) is 38.5. The summed E-state index contributed by atoms with van der Waals surface area (Å²) < 4.78 is 18.4. The van der Waals surface area contributed by atoms with Crippen molar-refractivity contribution in [3.63, 3.8) is 0 Å². The number of rotatable bonds is 24. The van der Waals surface area contributed by atoms with Crippen LogP contribution in [0.3, 0.4) is 0 Å². The largest absolute Gasteiger partial charge is 0.382 e. The second kappa shape index (κ2) is 22.8. The number of hydrogen-bond acceptors (Lipinski definition) is 10. The predicted octanol–water partition coefficient (Wildman–Crippen LogP) is 6.55. The Morgan fingerprint density at radius 2 is 1.75 bits per heavy atom. The van der Waals surface area contributed by atoms with Crippen LogP contribution in [-0.2, 0) is 43.3 Å². The molecule has 0 spiro atoms. The lowest BCUT2D eigenvalue weighted by Gasteiger charge is -2.13. The minimum atomic E-state index is -0.0632. The SMILES string of the molecule is CCCCc1nc2c(N)nc3ccccc3c2n1CCCCN=C(CCCOCCC(=O)SC)Nc1cccc(CNC(=O)CCOCCOC)c1. The first-order chi connectivity index (χ1) is 25.4. The number of hydrogen-bond donors (Lipinski definition) is 3. The van der Waals surface area contributed by atoms with Crippen LogP contribution in [0, 0.1) is 0 Å². The fourth-order valence-electron chi connectivity index (χ4n) is 5.77. The van der Waals surface area contributed by atoms with Crippen LogP contribution in [0.15, 0.2) is 53.5 Å². The third-order valence-corrected chi connectivity index (χ3v) is 9.19. The molecule has 0 fully saturated rings. The Kier molecular flexibility index (Phi) is 17.9. The van der Waals surface area contributed by atoms with Gasteiger partial charge in [-0.25, -0.2) is 9.97 Å². The molecule has 13 heteroatoms. The minimum Gasteiger partial charge on any atom is -0.382 e. The van der Waals surface area contributed by atoms with Crippen LogP contribution < -0.4 is 16.4 Å². The zero-order chi connectivity index (χ0) is 37.0. The molecule has 0 saturated heterocycles. The second-order valence-electron chi connectivity index (χ2n) is 12.5. The summed E-state index contributed by atoms with van der Waals surface area (Å²) in [7, 11) is 1.62. The number of imidazole rings is 1. The summed E-state index contributed by atoms with van der Waals surface area (Å²) in [5, 5.41) is 7.69. The monoisotopic (exact) mass is 733 g/mol. The standard InChI is InChI=1S/C39H55N7O5S/c1-4-5-17-34-45-37-38(31-14-6-7-15-32(31)44-39(37)40)46(34)21-9-8-20-41-33(16-11-22-50-24-19-36(48)52-3)43-30-13-10-12-29(27-30)28-42-35(47)18-23-51-26-25-49-2/h6-7,10,12-15,27H,4-5,8-9,11,16-26,28H2,1-3H3,(H2,40,44)(H,41,43)(H,42,47). The summed E-state index contributed by atoms with van der Waals surface area (Å²) in [6.45, 7) is 6.39. The number of nitrogens with zero attached hydrogens (tertiary/aromatic N) is 4. The number of aliphatic imine (C=N–C) groups is 1. The molecule has 4 N–H and O–H groups in total. The highest BCUT2D eigenvalue weighted by Crippen LogP contribution is 2.29. The molecular weight excluding hydrogens is 679 g/mol. The number of nitrogens with one attached hydrogen (secondary N) is 2. The number of carbonyl (C=O) groups is 2. The van der Waals surface area contributed by atoms with Gasteiger partial charge in [0.2, 0.25) is 5.91 Å². The number of methoxy groups -OCH3 is 1. The van der Waals surface area contributed by atoms with Crippen LogP contribution >= 0.6 is 11.8 Å². The molecule has 52 heavy (non-hydrogen) atoms. The quantitative estimate of drug-likeness (QED) is 0.0411. The molecule has 1 amide bonds. The van der Waals surface area contributed by atoms with E-state index in [1.54, 1.807) is 13.4 Å². The number of fused-ring (bicyclic) bond motifs is 3. The van der Waals surface area contributed by atoms with Gasteiger partial charge in [0.1, 0.15) is 17.2 Å². The van der Waals surface area contributed by atoms with E-state index in [-0.39, 0.29) is 11.0 Å². The van der Waals surface area contributed by atoms with Crippen molar-refractivity contribution < 1.29 is 23.8 Å². The lowest BCUT2D eigenvalue weighted by atomic mass is 10.1. The van der Waals surface area contributed by atoms with Crippen molar-refractivity contribution in [2.45, 2.75) is 77.8 Å². The molecular formula is C39H55N7O5S. The van der Waals surface area contributed by atoms with Crippen molar-refractivity contribution in [2.75, 3.05) is 64.0 Å². The normalized spacial score (nSPS) is 11.8. The molecule has 4 rings (SSSR count). The average Bonchev–Trinajstić information content (AvgIpc) is 3.53. The molecule has 0 bridgehead atoms. The third kappa shape index (κ3) is 13.2. The van der Waals surface area contributed by atoms with Crippen LogP contribution in [0.5, 0.6) is 0 Å². The number of benzene rings is 2. The first-order valence-corrected chi connectivity index (χ1v) is 19.6. The van der Waals surface area contributed by atoms with Crippen LogP contribution in [0.2, 0.25) is 0 Å². The van der Waals surface area contributed by atoms with Crippen LogP contribution in [0.1, 0.15) is 69.7 Å². The third-order valence-electron chi connectivity index (χ3n) is 8.53. The van der Waals surface area contributed by atoms with E-state index in [9.17, 15) is 9.59 Å². The molecule has 0 radical (unpaired) electrons. The molecule has 4 aromatic rings. The van der Waals surface area contributed by atoms with E-state index in [4.69, 9.17) is 29.9 Å². The van der Waals surface area contributed by atoms with Gasteiger partial charge in [-0.3, -0.25) is 14.6 Å². The number of thioether (sulfide) groups is 1. The van der Waals surface area contributed by atoms with Gasteiger partial charge < -0.3 is 35.1 Å². The zero-order valence-electron chi connectivity index (χ0n) is 31.0. The molecule has 2 aromatic heterocycles. The van der Waals surface area contributed by atoms with Crippen molar-refractivity contribution in [1.29, 1.82) is 0 Å². The highest BCUT2D eigenvalue weighted by atomic mass is 32.2. The molecule has 0 aliphatic heterocycles. The maximum Gasteiger partial charge on any atom is 0.222 e. The molecule has 282 valence electrons. The highest BCUT2D eigenvalue weighted by Gasteiger charge is 2.17. The number of anilines is 2. The first kappa shape index (κ1) is 40.7. The lowest BCUT2D eigenvalue weighted by molar-refractivity contribution is -0.122. The number of amidine groups is 1. The van der Waals surface area contributed by atoms with Gasteiger partial charge in [-0.15, -0.1) is 0 Å². The summed E-state index contributed by atoms with van der Waals surface area (Å²) in [6.07, 6.45) is 8.83. The Balaban J connectivity index is 1.38. The molecule has 0 aliphatic carbocycles. The van der Waals surface area contributed by atoms with E-state index in [1.165, 1.54) is 11.8 Å². The van der Waals surface area contributed by atoms with Crippen molar-refractivity contribution in [3.8, 4) is 0 Å². The van der Waals surface area contributed by atoms with E-state index in [0.29, 0.717) is 71.2 Å². The number of pyridine rings is 1. The molecule has 12 nitrogen and oxygen atoms in total. The molecule has 2 heterocycles. The Morgan fingerprint density at radius 3 is 2.58 bits per heavy atom. The van der Waals surface area contributed by atoms with Gasteiger partial charge >= 0.3 is 0 Å². The molecule has 2 aromatic carbocycles. The van der Waals surface area contributed by atoms with Crippen molar-refractivity contribution in [3.05, 3.63) is 59.9 Å². The maximum absolute atomic E-state index is 12.3. The van der Waals surface area contributed by atoms with Gasteiger partial charge in [0.25, 0.3) is 0 Å². The van der Waals surface area contributed by atoms with E-state index in [0.717, 1.165) is 89.9 Å². The van der Waals surface area contributed by atoms with Crippen LogP contribution in [-0.4, -0.2) is 84.3 Å². The van der Waals surface area contributed by atoms with E-state index < -0.39 is 0 Å². The fourth-order valence-corrected chi connectivity index (χ4v) is 6.06. The van der Waals surface area contributed by atoms with Crippen molar-refractivity contribution >= 4 is 62.1 Å². The van der Waals surface area contributed by atoms with Gasteiger partial charge in [0.15, 0.2) is 10.9 Å². The number of aromatic nitrogens is 3. The fraction of sp³-hybridized carbons (Fsp3) is 0.513. The first-order valence-electron chi connectivity index (χ1n) is 18.3. The summed E-state index contributed by atoms with van der Waals surface area (Å²) >= 11 is 1.23. The van der Waals surface area contributed by atoms with Gasteiger partial charge in [-0.2, -0.15) is 0 Å². The summed E-state index contributed by atoms with van der Waals surface area (Å²) in [5.74, 6) is 2.34. The molecule has 0 unspecified atom stereocenters. The number of nitrogen functional groups attached to an aromatic ring is 1. The smallest absolute Gasteiger partial charge is 0.222 e. The van der Waals surface area contributed by atoms with Gasteiger partial charge in [0.05, 0.1) is 37.5 Å². The van der Waals surface area contributed by atoms with E-state index in [1.807, 2.05) is 42.5 Å². The zero-order valence-corrected chi connectivity index (χ0v) is 31.8. The number of unbranched alkanes of at least 4 members (excludes halogenated alkanes) is 2. The van der Waals surface area contributed by atoms with Gasteiger partial charge in [-0.05, 0) is 55.7 Å². The lowest BCUT2D eigenvalue weighted by Crippen LogP contribution is -2.24. The number of ether oxygens (including phenoxy) is 3. The minimum absolute atomic E-state index is 0.0632. The maximum atomic E-state index is 12.3. The van der Waals surface area contributed by atoms with Crippen molar-refractivity contribution in [2.24, 2.45) is 4.99 Å². The number of para-hydroxylation sites is 1. The average molecular weight is 734 g/mol. The number of carbonyl (C=O) groups excluding carboxylic acids is 2. The van der Waals surface area contributed by atoms with Crippen LogP contribution in [0.4, 0.5) is 11.5 Å². The summed E-state index contributed by atoms with van der Waals surface area (Å²) in [5.41, 5.74) is 11.0. The van der Waals surface area contributed by atoms with Crippen LogP contribution in [0.25, 0.3) is 21.9 Å². The Hall–Kier alpha value is -4.04. The number of amides is 1. The molecule has 0 atom stereocenters. The van der Waals surface area contributed by atoms with Crippen molar-refractivity contribution in [1.82, 2.24) is 19.9 Å². The predicted molar refractivity (Wildman–Crippen MR) is 212 cm³/mol. The van der Waals surface area contributed by atoms with Gasteiger partial charge in [0, 0.05) is 70.1 Å². The van der Waals surface area contributed by atoms with Gasteiger partial charge in [-0.1, -0.05) is 55.4 Å². The number of nitrogens with two attached hydrogens (primary N) is 1. The second-order valence-corrected chi connectivity index (χ2v) is 13.4. The molecule has 0 aliphatic rings.